The van der Waals surface area contributed by atoms with Crippen molar-refractivity contribution in [3.63, 3.8) is 0 Å². The molecule has 1 aromatic carbocycles. The summed E-state index contributed by atoms with van der Waals surface area (Å²) in [5.41, 5.74) is 3.36. The SMILES string of the molecule is CCOc1cc(CC)ccc1C(=O)ONC(C)=O. The van der Waals surface area contributed by atoms with Gasteiger partial charge in [-0.25, -0.2) is 4.79 Å². The minimum atomic E-state index is -0.642. The van der Waals surface area contributed by atoms with E-state index in [2.05, 4.69) is 4.84 Å². The minimum Gasteiger partial charge on any atom is -0.493 e. The Labute approximate surface area is 106 Å². The molecular formula is C13H17NO4. The summed E-state index contributed by atoms with van der Waals surface area (Å²) in [6.07, 6.45) is 0.848. The van der Waals surface area contributed by atoms with E-state index in [0.29, 0.717) is 17.9 Å². The lowest BCUT2D eigenvalue weighted by molar-refractivity contribution is -0.127. The largest absolute Gasteiger partial charge is 0.493 e. The van der Waals surface area contributed by atoms with Crippen LogP contribution in [0.2, 0.25) is 0 Å². The summed E-state index contributed by atoms with van der Waals surface area (Å²) in [5.74, 6) is -0.616. The van der Waals surface area contributed by atoms with Crippen LogP contribution in [0, 0.1) is 0 Å². The first-order valence-corrected chi connectivity index (χ1v) is 5.82. The zero-order valence-corrected chi connectivity index (χ0v) is 10.8. The van der Waals surface area contributed by atoms with E-state index >= 15 is 0 Å². The third kappa shape index (κ3) is 3.76. The van der Waals surface area contributed by atoms with Crippen molar-refractivity contribution in [1.82, 2.24) is 5.48 Å². The van der Waals surface area contributed by atoms with Crippen molar-refractivity contribution >= 4 is 11.9 Å². The molecule has 1 aromatic rings. The van der Waals surface area contributed by atoms with Gasteiger partial charge in [-0.1, -0.05) is 13.0 Å². The lowest BCUT2D eigenvalue weighted by Crippen LogP contribution is -2.24. The Hall–Kier alpha value is -2.04. The van der Waals surface area contributed by atoms with Gasteiger partial charge in [0, 0.05) is 6.92 Å². The van der Waals surface area contributed by atoms with Crippen LogP contribution in [-0.2, 0) is 16.1 Å². The molecule has 18 heavy (non-hydrogen) atoms. The van der Waals surface area contributed by atoms with Gasteiger partial charge in [-0.2, -0.15) is 5.48 Å². The lowest BCUT2D eigenvalue weighted by Gasteiger charge is -2.11. The van der Waals surface area contributed by atoms with Crippen LogP contribution in [0.25, 0.3) is 0 Å². The van der Waals surface area contributed by atoms with Crippen molar-refractivity contribution in [3.8, 4) is 5.75 Å². The molecule has 0 radical (unpaired) electrons. The van der Waals surface area contributed by atoms with Crippen LogP contribution in [0.4, 0.5) is 0 Å². The van der Waals surface area contributed by atoms with Crippen LogP contribution < -0.4 is 10.2 Å². The maximum atomic E-state index is 11.7. The van der Waals surface area contributed by atoms with E-state index in [9.17, 15) is 9.59 Å². The molecule has 0 aliphatic heterocycles. The smallest absolute Gasteiger partial charge is 0.366 e. The van der Waals surface area contributed by atoms with Crippen LogP contribution in [0.3, 0.4) is 0 Å². The van der Waals surface area contributed by atoms with Crippen molar-refractivity contribution < 1.29 is 19.2 Å². The first-order valence-electron chi connectivity index (χ1n) is 5.82. The average molecular weight is 251 g/mol. The summed E-state index contributed by atoms with van der Waals surface area (Å²) in [6, 6.07) is 5.26. The molecule has 0 unspecified atom stereocenters. The summed E-state index contributed by atoms with van der Waals surface area (Å²) < 4.78 is 5.39. The molecule has 98 valence electrons. The zero-order valence-electron chi connectivity index (χ0n) is 10.8. The highest BCUT2D eigenvalue weighted by atomic mass is 16.7. The molecule has 1 rings (SSSR count). The molecule has 1 N–H and O–H groups in total. The molecule has 0 aliphatic carbocycles. The van der Waals surface area contributed by atoms with Gasteiger partial charge >= 0.3 is 5.97 Å². The Morgan fingerprint density at radius 2 is 2.00 bits per heavy atom. The molecule has 0 saturated heterocycles. The lowest BCUT2D eigenvalue weighted by atomic mass is 10.1. The van der Waals surface area contributed by atoms with Crippen molar-refractivity contribution in [2.24, 2.45) is 0 Å². The highest BCUT2D eigenvalue weighted by Gasteiger charge is 2.15. The number of hydroxylamine groups is 1. The van der Waals surface area contributed by atoms with E-state index in [0.717, 1.165) is 12.0 Å². The average Bonchev–Trinajstić information content (AvgIpc) is 2.36. The number of aryl methyl sites for hydroxylation is 1. The molecule has 0 atom stereocenters. The van der Waals surface area contributed by atoms with Crippen LogP contribution >= 0.6 is 0 Å². The van der Waals surface area contributed by atoms with Gasteiger partial charge in [0.25, 0.3) is 0 Å². The molecule has 0 aromatic heterocycles. The van der Waals surface area contributed by atoms with Gasteiger partial charge in [-0.05, 0) is 31.0 Å². The van der Waals surface area contributed by atoms with Gasteiger partial charge in [0.1, 0.15) is 11.3 Å². The molecule has 0 aliphatic rings. The number of rotatable bonds is 4. The molecule has 5 heteroatoms. The monoisotopic (exact) mass is 251 g/mol. The van der Waals surface area contributed by atoms with Crippen LogP contribution in [-0.4, -0.2) is 18.5 Å². The Bertz CT molecular complexity index is 443. The molecule has 0 heterocycles. The minimum absolute atomic E-state index is 0.294. The number of carbonyl (C=O) groups excluding carboxylic acids is 2. The Kier molecular flexibility index (Phi) is 5.17. The van der Waals surface area contributed by atoms with Gasteiger partial charge < -0.3 is 9.57 Å². The first kappa shape index (κ1) is 14.0. The number of carbonyl (C=O) groups is 2. The second-order valence-corrected chi connectivity index (χ2v) is 3.66. The number of ether oxygens (including phenoxy) is 1. The quantitative estimate of drug-likeness (QED) is 0.829. The maximum Gasteiger partial charge on any atom is 0.366 e. The highest BCUT2D eigenvalue weighted by molar-refractivity contribution is 5.93. The van der Waals surface area contributed by atoms with E-state index < -0.39 is 11.9 Å². The zero-order chi connectivity index (χ0) is 13.5. The van der Waals surface area contributed by atoms with E-state index in [1.807, 2.05) is 25.4 Å². The summed E-state index contributed by atoms with van der Waals surface area (Å²) in [5, 5.41) is 0. The van der Waals surface area contributed by atoms with Gasteiger partial charge in [-0.3, -0.25) is 4.79 Å². The normalized spacial score (nSPS) is 9.72. The Balaban J connectivity index is 2.92. The fourth-order valence-corrected chi connectivity index (χ4v) is 1.40. The van der Waals surface area contributed by atoms with Crippen molar-refractivity contribution in [2.45, 2.75) is 27.2 Å². The molecular weight excluding hydrogens is 234 g/mol. The predicted octanol–water partition coefficient (Wildman–Crippen LogP) is 1.86. The standard InChI is InChI=1S/C13H17NO4/c1-4-10-6-7-11(12(8-10)17-5-2)13(16)18-14-9(3)15/h6-8H,4-5H2,1-3H3,(H,14,15). The maximum absolute atomic E-state index is 11.7. The summed E-state index contributed by atoms with van der Waals surface area (Å²) in [6.45, 7) is 5.56. The first-order chi connectivity index (χ1) is 8.58. The van der Waals surface area contributed by atoms with Gasteiger partial charge in [0.2, 0.25) is 5.91 Å². The number of hydrogen-bond acceptors (Lipinski definition) is 4. The fourth-order valence-electron chi connectivity index (χ4n) is 1.40. The second kappa shape index (κ2) is 6.64. The van der Waals surface area contributed by atoms with E-state index in [4.69, 9.17) is 4.74 Å². The number of amides is 1. The van der Waals surface area contributed by atoms with Crippen LogP contribution in [0.1, 0.15) is 36.7 Å². The van der Waals surface area contributed by atoms with Crippen LogP contribution in [0.15, 0.2) is 18.2 Å². The molecule has 0 saturated carbocycles. The topological polar surface area (TPSA) is 64.6 Å². The molecule has 0 spiro atoms. The van der Waals surface area contributed by atoms with Crippen molar-refractivity contribution in [3.05, 3.63) is 29.3 Å². The number of nitrogens with one attached hydrogen (secondary N) is 1. The molecule has 1 amide bonds. The van der Waals surface area contributed by atoms with E-state index in [1.165, 1.54) is 6.92 Å². The van der Waals surface area contributed by atoms with Crippen LogP contribution in [0.5, 0.6) is 5.75 Å². The van der Waals surface area contributed by atoms with Gasteiger partial charge in [-0.15, -0.1) is 0 Å². The molecule has 5 nitrogen and oxygen atoms in total. The number of benzene rings is 1. The van der Waals surface area contributed by atoms with Gasteiger partial charge in [0.05, 0.1) is 6.61 Å². The molecule has 0 fully saturated rings. The third-order valence-corrected chi connectivity index (χ3v) is 2.26. The number of hydrogen-bond donors (Lipinski definition) is 1. The van der Waals surface area contributed by atoms with Crippen molar-refractivity contribution in [1.29, 1.82) is 0 Å². The highest BCUT2D eigenvalue weighted by Crippen LogP contribution is 2.21. The Morgan fingerprint density at radius 1 is 1.28 bits per heavy atom. The van der Waals surface area contributed by atoms with Gasteiger partial charge in [0.15, 0.2) is 0 Å². The Morgan fingerprint density at radius 3 is 2.56 bits per heavy atom. The summed E-state index contributed by atoms with van der Waals surface area (Å²) >= 11 is 0. The second-order valence-electron chi connectivity index (χ2n) is 3.66. The van der Waals surface area contributed by atoms with E-state index in [-0.39, 0.29) is 0 Å². The fraction of sp³-hybridized carbons (Fsp3) is 0.385. The summed E-state index contributed by atoms with van der Waals surface area (Å²) in [4.78, 5) is 27.0. The third-order valence-electron chi connectivity index (χ3n) is 2.26. The molecule has 0 bridgehead atoms. The van der Waals surface area contributed by atoms with E-state index in [1.54, 1.807) is 12.1 Å². The predicted molar refractivity (Wildman–Crippen MR) is 66.2 cm³/mol. The van der Waals surface area contributed by atoms with Crippen molar-refractivity contribution in [2.75, 3.05) is 6.61 Å². The summed E-state index contributed by atoms with van der Waals surface area (Å²) in [7, 11) is 0.